The Kier molecular flexibility index (Phi) is 12.2. The summed E-state index contributed by atoms with van der Waals surface area (Å²) in [5.74, 6) is 5.93. The van der Waals surface area contributed by atoms with Gasteiger partial charge in [0.05, 0.1) is 13.3 Å². The van der Waals surface area contributed by atoms with Crippen LogP contribution in [-0.4, -0.2) is 13.3 Å². The van der Waals surface area contributed by atoms with Crippen LogP contribution in [0, 0.1) is 35.5 Å². The van der Waals surface area contributed by atoms with Crippen molar-refractivity contribution in [1.29, 1.82) is 0 Å². The first kappa shape index (κ1) is 25.5. The molecule has 0 atom stereocenters. The maximum Gasteiger partial charge on any atom is 0.0894 e. The highest BCUT2D eigenvalue weighted by molar-refractivity contribution is 4.83. The van der Waals surface area contributed by atoms with Crippen molar-refractivity contribution >= 4 is 0 Å². The van der Waals surface area contributed by atoms with E-state index in [4.69, 9.17) is 0 Å². The van der Waals surface area contributed by atoms with Gasteiger partial charge in [-0.05, 0) is 74.0 Å². The molecule has 3 fully saturated rings. The van der Waals surface area contributed by atoms with Gasteiger partial charge in [0.15, 0.2) is 0 Å². The number of alkyl halides is 2. The zero-order valence-electron chi connectivity index (χ0n) is 20.5. The second-order valence-corrected chi connectivity index (χ2v) is 11.7. The van der Waals surface area contributed by atoms with Crippen LogP contribution in [0.2, 0.25) is 0 Å². The quantitative estimate of drug-likeness (QED) is 0.251. The fourth-order valence-corrected chi connectivity index (χ4v) is 7.41. The maximum atomic E-state index is 12.3. The van der Waals surface area contributed by atoms with Crippen molar-refractivity contribution in [2.24, 2.45) is 35.5 Å². The van der Waals surface area contributed by atoms with Gasteiger partial charge in [0.1, 0.15) is 0 Å². The molecule has 0 unspecified atom stereocenters. The zero-order valence-corrected chi connectivity index (χ0v) is 20.5. The largest absolute Gasteiger partial charge is 0.251 e. The van der Waals surface area contributed by atoms with Crippen LogP contribution in [0.1, 0.15) is 135 Å². The third-order valence-electron chi connectivity index (χ3n) is 9.64. The molecule has 0 radical (unpaired) electrons. The Balaban J connectivity index is 1.22. The van der Waals surface area contributed by atoms with Crippen molar-refractivity contribution in [3.63, 3.8) is 0 Å². The van der Waals surface area contributed by atoms with Crippen LogP contribution in [0.5, 0.6) is 0 Å². The molecule has 0 bridgehead atoms. The molecular weight excluding hydrogens is 386 g/mol. The Morgan fingerprint density at radius 3 is 1.10 bits per heavy atom. The lowest BCUT2D eigenvalue weighted by Crippen LogP contribution is -2.26. The molecular formula is C29H52F2. The molecule has 0 aromatic carbocycles. The summed E-state index contributed by atoms with van der Waals surface area (Å²) in [7, 11) is 0. The summed E-state index contributed by atoms with van der Waals surface area (Å²) in [6.07, 6.45) is 28.3. The average molecular weight is 439 g/mol. The van der Waals surface area contributed by atoms with E-state index in [0.717, 1.165) is 61.2 Å². The minimum Gasteiger partial charge on any atom is -0.251 e. The van der Waals surface area contributed by atoms with Gasteiger partial charge in [-0.15, -0.1) is 0 Å². The van der Waals surface area contributed by atoms with E-state index in [0.29, 0.717) is 0 Å². The summed E-state index contributed by atoms with van der Waals surface area (Å²) < 4.78 is 24.5. The Hall–Kier alpha value is -0.140. The van der Waals surface area contributed by atoms with Gasteiger partial charge in [-0.2, -0.15) is 0 Å². The molecule has 0 spiro atoms. The van der Waals surface area contributed by atoms with Crippen molar-refractivity contribution in [3.05, 3.63) is 0 Å². The average Bonchev–Trinajstić information content (AvgIpc) is 2.82. The molecule has 3 saturated carbocycles. The Labute approximate surface area is 192 Å². The first-order chi connectivity index (χ1) is 15.3. The van der Waals surface area contributed by atoms with Gasteiger partial charge in [0.25, 0.3) is 0 Å². The topological polar surface area (TPSA) is 0 Å². The molecule has 2 heteroatoms. The predicted octanol–water partition coefficient (Wildman–Crippen LogP) is 9.86. The lowest BCUT2D eigenvalue weighted by Gasteiger charge is -2.38. The van der Waals surface area contributed by atoms with E-state index >= 15 is 0 Å². The first-order valence-electron chi connectivity index (χ1n) is 14.4. The lowest BCUT2D eigenvalue weighted by atomic mass is 9.68. The molecule has 3 aliphatic carbocycles. The van der Waals surface area contributed by atoms with Crippen molar-refractivity contribution in [2.75, 3.05) is 13.3 Å². The third kappa shape index (κ3) is 9.32. The first-order valence-corrected chi connectivity index (χ1v) is 14.4. The SMILES string of the molecule is FCCCCCC1CCC(C2CCC(CCC3CCC(CCCCF)CC3)CC2)CC1. The Morgan fingerprint density at radius 1 is 0.355 bits per heavy atom. The van der Waals surface area contributed by atoms with Crippen LogP contribution < -0.4 is 0 Å². The minimum absolute atomic E-state index is 0.124. The molecule has 0 aliphatic heterocycles. The van der Waals surface area contributed by atoms with E-state index in [1.54, 1.807) is 0 Å². The Bertz CT molecular complexity index is 426. The zero-order chi connectivity index (χ0) is 21.7. The fourth-order valence-electron chi connectivity index (χ4n) is 7.41. The Morgan fingerprint density at radius 2 is 0.677 bits per heavy atom. The van der Waals surface area contributed by atoms with Gasteiger partial charge in [0, 0.05) is 0 Å². The van der Waals surface area contributed by atoms with E-state index in [1.807, 2.05) is 0 Å². The van der Waals surface area contributed by atoms with E-state index in [-0.39, 0.29) is 13.3 Å². The molecule has 3 rings (SSSR count). The number of unbranched alkanes of at least 4 members (excludes halogenated alkanes) is 3. The van der Waals surface area contributed by atoms with Crippen molar-refractivity contribution in [2.45, 2.75) is 135 Å². The molecule has 0 aromatic rings. The van der Waals surface area contributed by atoms with Gasteiger partial charge in [0.2, 0.25) is 0 Å². The maximum absolute atomic E-state index is 12.3. The van der Waals surface area contributed by atoms with Crippen molar-refractivity contribution < 1.29 is 8.78 Å². The van der Waals surface area contributed by atoms with E-state index in [2.05, 4.69) is 0 Å². The summed E-state index contributed by atoms with van der Waals surface area (Å²) in [5.41, 5.74) is 0. The van der Waals surface area contributed by atoms with Crippen LogP contribution in [0.25, 0.3) is 0 Å². The summed E-state index contributed by atoms with van der Waals surface area (Å²) in [6.45, 7) is -0.249. The molecule has 0 aromatic heterocycles. The fraction of sp³-hybridized carbons (Fsp3) is 1.00. The monoisotopic (exact) mass is 438 g/mol. The van der Waals surface area contributed by atoms with E-state index in [1.165, 1.54) is 109 Å². The number of hydrogen-bond donors (Lipinski definition) is 0. The standard InChI is InChI=1S/C29H52F2/c30-22-4-1-2-6-25-14-18-28(19-15-25)29-20-16-27(17-21-29)13-12-26-10-8-24(9-11-26)7-3-5-23-31/h24-29H,1-23H2. The predicted molar refractivity (Wildman–Crippen MR) is 130 cm³/mol. The smallest absolute Gasteiger partial charge is 0.0894 e. The van der Waals surface area contributed by atoms with Crippen LogP contribution in [0.4, 0.5) is 8.78 Å². The second-order valence-electron chi connectivity index (χ2n) is 11.7. The molecule has 0 amide bonds. The highest BCUT2D eigenvalue weighted by Crippen LogP contribution is 2.44. The summed E-state index contributed by atoms with van der Waals surface area (Å²) in [6, 6.07) is 0. The van der Waals surface area contributed by atoms with E-state index < -0.39 is 0 Å². The molecule has 0 N–H and O–H groups in total. The van der Waals surface area contributed by atoms with E-state index in [9.17, 15) is 8.78 Å². The van der Waals surface area contributed by atoms with Crippen LogP contribution in [0.15, 0.2) is 0 Å². The highest BCUT2D eigenvalue weighted by atomic mass is 19.1. The van der Waals surface area contributed by atoms with Crippen LogP contribution >= 0.6 is 0 Å². The summed E-state index contributed by atoms with van der Waals surface area (Å²) in [5, 5.41) is 0. The van der Waals surface area contributed by atoms with Crippen molar-refractivity contribution in [3.8, 4) is 0 Å². The van der Waals surface area contributed by atoms with Crippen molar-refractivity contribution in [1.82, 2.24) is 0 Å². The summed E-state index contributed by atoms with van der Waals surface area (Å²) >= 11 is 0. The number of halogens is 2. The van der Waals surface area contributed by atoms with Crippen LogP contribution in [0.3, 0.4) is 0 Å². The summed E-state index contributed by atoms with van der Waals surface area (Å²) in [4.78, 5) is 0. The minimum atomic E-state index is -0.126. The van der Waals surface area contributed by atoms with Gasteiger partial charge >= 0.3 is 0 Å². The third-order valence-corrected chi connectivity index (χ3v) is 9.64. The molecule has 0 heterocycles. The lowest BCUT2D eigenvalue weighted by molar-refractivity contribution is 0.135. The second kappa shape index (κ2) is 14.9. The molecule has 0 saturated heterocycles. The van der Waals surface area contributed by atoms with Gasteiger partial charge in [-0.25, -0.2) is 0 Å². The molecule has 3 aliphatic rings. The van der Waals surface area contributed by atoms with Crippen LogP contribution in [-0.2, 0) is 0 Å². The van der Waals surface area contributed by atoms with Gasteiger partial charge < -0.3 is 0 Å². The normalized spacial score (nSPS) is 34.6. The highest BCUT2D eigenvalue weighted by Gasteiger charge is 2.31. The van der Waals surface area contributed by atoms with Gasteiger partial charge in [-0.3, -0.25) is 8.78 Å². The van der Waals surface area contributed by atoms with Gasteiger partial charge in [-0.1, -0.05) is 96.3 Å². The molecule has 182 valence electrons. The molecule has 31 heavy (non-hydrogen) atoms. The number of hydrogen-bond acceptors (Lipinski definition) is 0. The number of rotatable bonds is 13. The molecule has 0 nitrogen and oxygen atoms in total.